The molecule has 1 unspecified atom stereocenters. The molecule has 260 valence electrons. The monoisotopic (exact) mass is 658 g/mol. The average molecular weight is 659 g/mol. The van der Waals surface area contributed by atoms with E-state index in [0.717, 1.165) is 63.7 Å². The summed E-state index contributed by atoms with van der Waals surface area (Å²) < 4.78 is 18.6. The van der Waals surface area contributed by atoms with Crippen LogP contribution in [0.25, 0.3) is 5.57 Å². The Morgan fingerprint density at radius 2 is 1.85 bits per heavy atom. The van der Waals surface area contributed by atoms with Crippen LogP contribution in [-0.2, 0) is 19.1 Å². The summed E-state index contributed by atoms with van der Waals surface area (Å²) in [4.78, 5) is 35.1. The lowest BCUT2D eigenvalue weighted by atomic mass is 9.43. The molecule has 3 aliphatic heterocycles. The van der Waals surface area contributed by atoms with Crippen LogP contribution in [0.5, 0.6) is 5.75 Å². The maximum absolute atomic E-state index is 14.7. The van der Waals surface area contributed by atoms with E-state index in [2.05, 4.69) is 37.6 Å². The molecule has 8 heteroatoms. The second kappa shape index (κ2) is 11.5. The first-order chi connectivity index (χ1) is 22.9. The number of nitrogens with zero attached hydrogens (tertiary/aromatic N) is 2. The van der Waals surface area contributed by atoms with Crippen molar-refractivity contribution >= 4 is 17.3 Å². The van der Waals surface area contributed by atoms with Crippen LogP contribution in [0.15, 0.2) is 35.6 Å². The van der Waals surface area contributed by atoms with E-state index < -0.39 is 17.1 Å². The molecule has 2 saturated heterocycles. The summed E-state index contributed by atoms with van der Waals surface area (Å²) in [6, 6.07) is 3.70. The molecule has 1 aromatic heterocycles. The summed E-state index contributed by atoms with van der Waals surface area (Å²) in [6.45, 7) is 15.8. The van der Waals surface area contributed by atoms with E-state index in [1.54, 1.807) is 12.3 Å². The third-order valence-corrected chi connectivity index (χ3v) is 14.5. The number of Topliss-reactive ketones (excluding diaryl/α,β-unsaturated/α-hetero) is 1. The number of ketones is 1. The van der Waals surface area contributed by atoms with Crippen LogP contribution in [0, 0.1) is 40.4 Å². The Bertz CT molecular complexity index is 1540. The number of hydrogen-bond donors (Lipinski definition) is 1. The number of fused-ring (bicyclic) bond motifs is 4. The third-order valence-electron chi connectivity index (χ3n) is 14.5. The number of allylic oxidation sites excluding steroid dienone is 1. The zero-order valence-electron chi connectivity index (χ0n) is 29.7. The van der Waals surface area contributed by atoms with Crippen LogP contribution in [-0.4, -0.2) is 76.4 Å². The van der Waals surface area contributed by atoms with Gasteiger partial charge in [-0.3, -0.25) is 14.7 Å². The van der Waals surface area contributed by atoms with E-state index >= 15 is 0 Å². The quantitative estimate of drug-likeness (QED) is 0.275. The van der Waals surface area contributed by atoms with Crippen molar-refractivity contribution in [1.82, 2.24) is 9.88 Å². The van der Waals surface area contributed by atoms with Crippen LogP contribution < -0.4 is 4.74 Å². The SMILES string of the molecule is CC1=C(CN2CCCC2)C(=O)OC([C@@H](C)[C@H]2CC[C@H]3[C@@H]4C[C@H]5O[C@]56[C@@H](O)C=C(c5ccc(OC(C)C)cn5)C(=O)[C@]6(C)[C@H]4CC[C@]23C)C1. The highest BCUT2D eigenvalue weighted by atomic mass is 16.6. The number of cyclic esters (lactones) is 1. The normalized spacial score (nSPS) is 42.8. The van der Waals surface area contributed by atoms with Crippen LogP contribution in [0.4, 0.5) is 0 Å². The van der Waals surface area contributed by atoms with Gasteiger partial charge in [0.25, 0.3) is 0 Å². The molecule has 4 aliphatic carbocycles. The van der Waals surface area contributed by atoms with Crippen LogP contribution in [0.2, 0.25) is 0 Å². The van der Waals surface area contributed by atoms with Gasteiger partial charge in [0.2, 0.25) is 0 Å². The standard InChI is InChI=1S/C40H54N2O6/c1-22(2)46-25-9-12-32(41-20-25)27-18-34(43)40-35(48-40)19-26-30-11-10-29(38(30,5)14-13-31(26)39(40,6)36(27)44)24(4)33-17-23(3)28(37(45)47-33)21-42-15-7-8-16-42/h9,12,18,20,22,24,26,29-31,33-35,43H,7-8,10-11,13-17,19,21H2,1-6H3/t24-,26-,29+,30-,31-,33?,34-,35+,38+,39-,40+/m0/s1. The molecule has 0 amide bonds. The molecule has 8 rings (SSSR count). The van der Waals surface area contributed by atoms with E-state index in [0.29, 0.717) is 34.8 Å². The molecule has 48 heavy (non-hydrogen) atoms. The lowest BCUT2D eigenvalue weighted by molar-refractivity contribution is -0.155. The van der Waals surface area contributed by atoms with Gasteiger partial charge in [0.15, 0.2) is 5.78 Å². The molecule has 1 N–H and O–H groups in total. The summed E-state index contributed by atoms with van der Waals surface area (Å²) >= 11 is 0. The average Bonchev–Trinajstić information content (AvgIpc) is 3.37. The first-order valence-electron chi connectivity index (χ1n) is 18.8. The predicted octanol–water partition coefficient (Wildman–Crippen LogP) is 6.17. The van der Waals surface area contributed by atoms with E-state index in [9.17, 15) is 14.7 Å². The third kappa shape index (κ3) is 4.67. The number of pyridine rings is 1. The number of aliphatic hydroxyl groups excluding tert-OH is 1. The van der Waals surface area contributed by atoms with Gasteiger partial charge in [-0.05, 0) is 139 Å². The summed E-state index contributed by atoms with van der Waals surface area (Å²) in [5.41, 5.74) is 1.60. The lowest BCUT2D eigenvalue weighted by Gasteiger charge is -2.58. The maximum Gasteiger partial charge on any atom is 0.335 e. The van der Waals surface area contributed by atoms with Crippen molar-refractivity contribution in [2.24, 2.45) is 40.4 Å². The number of ether oxygens (including phenoxy) is 3. The van der Waals surface area contributed by atoms with Crippen molar-refractivity contribution in [3.63, 3.8) is 0 Å². The number of aromatic nitrogens is 1. The Kier molecular flexibility index (Phi) is 7.82. The van der Waals surface area contributed by atoms with Crippen LogP contribution in [0.1, 0.15) is 98.6 Å². The first kappa shape index (κ1) is 32.6. The Balaban J connectivity index is 1.03. The Labute approximate surface area is 285 Å². The highest BCUT2D eigenvalue weighted by Crippen LogP contribution is 2.74. The Morgan fingerprint density at radius 1 is 1.08 bits per heavy atom. The predicted molar refractivity (Wildman–Crippen MR) is 182 cm³/mol. The highest BCUT2D eigenvalue weighted by Gasteiger charge is 2.81. The van der Waals surface area contributed by atoms with Gasteiger partial charge in [-0.25, -0.2) is 4.79 Å². The molecule has 0 aromatic carbocycles. The first-order valence-corrected chi connectivity index (χ1v) is 18.8. The maximum atomic E-state index is 14.7. The van der Waals surface area contributed by atoms with E-state index in [1.165, 1.54) is 18.4 Å². The minimum atomic E-state index is -0.855. The van der Waals surface area contributed by atoms with Crippen LogP contribution in [0.3, 0.4) is 0 Å². The van der Waals surface area contributed by atoms with Crippen molar-refractivity contribution in [1.29, 1.82) is 0 Å². The number of hydrogen-bond acceptors (Lipinski definition) is 8. The Hall–Kier alpha value is -2.55. The minimum absolute atomic E-state index is 0.0307. The van der Waals surface area contributed by atoms with Gasteiger partial charge in [-0.2, -0.15) is 0 Å². The molecule has 8 nitrogen and oxygen atoms in total. The van der Waals surface area contributed by atoms with Gasteiger partial charge >= 0.3 is 5.97 Å². The number of carbonyl (C=O) groups is 2. The molecule has 3 saturated carbocycles. The van der Waals surface area contributed by atoms with Gasteiger partial charge in [0.1, 0.15) is 23.6 Å². The molecule has 7 aliphatic rings. The molecular weight excluding hydrogens is 604 g/mol. The number of carbonyl (C=O) groups excluding carboxylic acids is 2. The minimum Gasteiger partial charge on any atom is -0.489 e. The van der Waals surface area contributed by atoms with Gasteiger partial charge < -0.3 is 19.3 Å². The van der Waals surface area contributed by atoms with Crippen LogP contribution >= 0.6 is 0 Å². The largest absolute Gasteiger partial charge is 0.489 e. The van der Waals surface area contributed by atoms with Crippen molar-refractivity contribution < 1.29 is 28.9 Å². The summed E-state index contributed by atoms with van der Waals surface area (Å²) in [7, 11) is 0. The number of esters is 1. The van der Waals surface area contributed by atoms with Crippen molar-refractivity contribution in [3.05, 3.63) is 41.2 Å². The van der Waals surface area contributed by atoms with E-state index in [4.69, 9.17) is 14.2 Å². The van der Waals surface area contributed by atoms with E-state index in [-0.39, 0.29) is 47.3 Å². The van der Waals surface area contributed by atoms with Gasteiger partial charge in [0, 0.05) is 18.5 Å². The number of aliphatic hydroxyl groups is 1. The fourth-order valence-electron chi connectivity index (χ4n) is 12.1. The molecule has 5 fully saturated rings. The summed E-state index contributed by atoms with van der Waals surface area (Å²) in [5, 5.41) is 11.7. The van der Waals surface area contributed by atoms with Gasteiger partial charge in [-0.1, -0.05) is 19.4 Å². The highest BCUT2D eigenvalue weighted by molar-refractivity contribution is 6.24. The second-order valence-corrected chi connectivity index (χ2v) is 17.1. The molecular formula is C40H54N2O6. The molecule has 4 heterocycles. The topological polar surface area (TPSA) is 101 Å². The lowest BCUT2D eigenvalue weighted by Crippen LogP contribution is -2.64. The van der Waals surface area contributed by atoms with Gasteiger partial charge in [0.05, 0.1) is 35.1 Å². The molecule has 11 atom stereocenters. The molecule has 0 radical (unpaired) electrons. The summed E-state index contributed by atoms with van der Waals surface area (Å²) in [5.74, 6) is 2.27. The molecule has 1 aromatic rings. The van der Waals surface area contributed by atoms with E-state index in [1.807, 2.05) is 26.0 Å². The fraction of sp³-hybridized carbons (Fsp3) is 0.725. The smallest absolute Gasteiger partial charge is 0.335 e. The zero-order valence-corrected chi connectivity index (χ0v) is 29.7. The van der Waals surface area contributed by atoms with Crippen molar-refractivity contribution in [3.8, 4) is 5.75 Å². The van der Waals surface area contributed by atoms with Gasteiger partial charge in [-0.15, -0.1) is 0 Å². The number of likely N-dealkylation sites (tertiary alicyclic amines) is 1. The number of epoxide rings is 1. The van der Waals surface area contributed by atoms with Crippen molar-refractivity contribution in [2.45, 2.75) is 123 Å². The van der Waals surface area contributed by atoms with Crippen molar-refractivity contribution in [2.75, 3.05) is 19.6 Å². The fourth-order valence-corrected chi connectivity index (χ4v) is 12.1. The molecule has 1 spiro atoms. The molecule has 0 bridgehead atoms. The zero-order chi connectivity index (χ0) is 33.7. The number of rotatable bonds is 7. The second-order valence-electron chi connectivity index (χ2n) is 17.1. The summed E-state index contributed by atoms with van der Waals surface area (Å²) in [6.07, 6.45) is 10.7. The Morgan fingerprint density at radius 3 is 2.54 bits per heavy atom.